The van der Waals surface area contributed by atoms with E-state index in [0.717, 1.165) is 23.5 Å². The Labute approximate surface area is 106 Å². The molecule has 88 valence electrons. The first-order valence-corrected chi connectivity index (χ1v) is 7.29. The SMILES string of the molecule is CCc1c(C)nc(C2CCCCS2)nc1Cl. The molecule has 1 fully saturated rings. The van der Waals surface area contributed by atoms with Gasteiger partial charge >= 0.3 is 0 Å². The van der Waals surface area contributed by atoms with Crippen LogP contribution in [0.5, 0.6) is 0 Å². The normalized spacial score (nSPS) is 21.1. The molecule has 0 N–H and O–H groups in total. The fourth-order valence-corrected chi connectivity index (χ4v) is 3.67. The number of thioether (sulfide) groups is 1. The van der Waals surface area contributed by atoms with Crippen molar-refractivity contribution in [1.29, 1.82) is 0 Å². The molecule has 0 spiro atoms. The van der Waals surface area contributed by atoms with Crippen molar-refractivity contribution in [3.8, 4) is 0 Å². The van der Waals surface area contributed by atoms with E-state index in [2.05, 4.69) is 16.9 Å². The van der Waals surface area contributed by atoms with E-state index in [9.17, 15) is 0 Å². The highest BCUT2D eigenvalue weighted by Gasteiger charge is 2.20. The van der Waals surface area contributed by atoms with Crippen LogP contribution in [0.1, 0.15) is 48.5 Å². The Morgan fingerprint density at radius 2 is 2.19 bits per heavy atom. The Morgan fingerprint density at radius 1 is 1.38 bits per heavy atom. The van der Waals surface area contributed by atoms with Crippen LogP contribution in [0.3, 0.4) is 0 Å². The van der Waals surface area contributed by atoms with Gasteiger partial charge in [-0.05, 0) is 31.9 Å². The third-order valence-electron chi connectivity index (χ3n) is 3.00. The van der Waals surface area contributed by atoms with Crippen LogP contribution in [0, 0.1) is 6.92 Å². The minimum Gasteiger partial charge on any atom is -0.237 e. The number of hydrogen-bond acceptors (Lipinski definition) is 3. The summed E-state index contributed by atoms with van der Waals surface area (Å²) in [5.41, 5.74) is 2.13. The summed E-state index contributed by atoms with van der Waals surface area (Å²) in [6.45, 7) is 4.12. The maximum atomic E-state index is 6.19. The zero-order valence-corrected chi connectivity index (χ0v) is 11.4. The standard InChI is InChI=1S/C12H17ClN2S/c1-3-9-8(2)14-12(15-11(9)13)10-6-4-5-7-16-10/h10H,3-7H2,1-2H3. The lowest BCUT2D eigenvalue weighted by atomic mass is 10.1. The van der Waals surface area contributed by atoms with Crippen LogP contribution in [0.25, 0.3) is 0 Å². The topological polar surface area (TPSA) is 25.8 Å². The molecule has 16 heavy (non-hydrogen) atoms. The summed E-state index contributed by atoms with van der Waals surface area (Å²) >= 11 is 8.16. The highest BCUT2D eigenvalue weighted by molar-refractivity contribution is 7.99. The summed E-state index contributed by atoms with van der Waals surface area (Å²) in [4.78, 5) is 9.07. The van der Waals surface area contributed by atoms with Crippen LogP contribution in [0.15, 0.2) is 0 Å². The van der Waals surface area contributed by atoms with Gasteiger partial charge in [0.25, 0.3) is 0 Å². The first-order valence-electron chi connectivity index (χ1n) is 5.87. The molecule has 1 aromatic heterocycles. The summed E-state index contributed by atoms with van der Waals surface area (Å²) in [5.74, 6) is 2.16. The minimum absolute atomic E-state index is 0.454. The molecule has 0 saturated carbocycles. The van der Waals surface area contributed by atoms with Crippen LogP contribution in [-0.2, 0) is 6.42 Å². The lowest BCUT2D eigenvalue weighted by Gasteiger charge is -2.20. The van der Waals surface area contributed by atoms with Crippen molar-refractivity contribution < 1.29 is 0 Å². The fourth-order valence-electron chi connectivity index (χ4n) is 2.07. The average Bonchev–Trinajstić information content (AvgIpc) is 2.30. The van der Waals surface area contributed by atoms with Gasteiger partial charge in [-0.15, -0.1) is 0 Å². The van der Waals surface area contributed by atoms with Crippen molar-refractivity contribution in [1.82, 2.24) is 9.97 Å². The van der Waals surface area contributed by atoms with Gasteiger partial charge in [0.05, 0.1) is 5.25 Å². The van der Waals surface area contributed by atoms with Gasteiger partial charge in [-0.25, -0.2) is 9.97 Å². The fraction of sp³-hybridized carbons (Fsp3) is 0.667. The van der Waals surface area contributed by atoms with E-state index in [1.807, 2.05) is 18.7 Å². The van der Waals surface area contributed by atoms with E-state index in [-0.39, 0.29) is 0 Å². The number of halogens is 1. The van der Waals surface area contributed by atoms with Gasteiger partial charge in [0.2, 0.25) is 0 Å². The third-order valence-corrected chi connectivity index (χ3v) is 4.69. The number of rotatable bonds is 2. The van der Waals surface area contributed by atoms with E-state index in [1.54, 1.807) is 0 Å². The van der Waals surface area contributed by atoms with E-state index in [0.29, 0.717) is 10.4 Å². The zero-order chi connectivity index (χ0) is 11.5. The number of aromatic nitrogens is 2. The second kappa shape index (κ2) is 5.37. The molecule has 0 aromatic carbocycles. The Bertz CT molecular complexity index is 352. The minimum atomic E-state index is 0.454. The lowest BCUT2D eigenvalue weighted by Crippen LogP contribution is -2.09. The third kappa shape index (κ3) is 2.51. The molecule has 4 heteroatoms. The van der Waals surface area contributed by atoms with Crippen molar-refractivity contribution in [2.24, 2.45) is 0 Å². The second-order valence-electron chi connectivity index (χ2n) is 4.15. The molecule has 1 saturated heterocycles. The largest absolute Gasteiger partial charge is 0.237 e. The molecule has 1 aliphatic rings. The summed E-state index contributed by atoms with van der Waals surface area (Å²) in [5, 5.41) is 1.10. The Morgan fingerprint density at radius 3 is 2.75 bits per heavy atom. The second-order valence-corrected chi connectivity index (χ2v) is 5.81. The quantitative estimate of drug-likeness (QED) is 0.749. The molecule has 1 aromatic rings. The first-order chi connectivity index (χ1) is 7.72. The molecule has 0 bridgehead atoms. The van der Waals surface area contributed by atoms with Gasteiger partial charge in [0.15, 0.2) is 0 Å². The van der Waals surface area contributed by atoms with E-state index in [1.165, 1.54) is 25.0 Å². The average molecular weight is 257 g/mol. The van der Waals surface area contributed by atoms with Crippen molar-refractivity contribution in [3.05, 3.63) is 22.2 Å². The Hall–Kier alpha value is -0.280. The lowest BCUT2D eigenvalue weighted by molar-refractivity contribution is 0.658. The summed E-state index contributed by atoms with van der Waals surface area (Å²) < 4.78 is 0. The van der Waals surface area contributed by atoms with Crippen LogP contribution >= 0.6 is 23.4 Å². The van der Waals surface area contributed by atoms with Crippen LogP contribution in [-0.4, -0.2) is 15.7 Å². The summed E-state index contributed by atoms with van der Waals surface area (Å²) in [6, 6.07) is 0. The number of hydrogen-bond donors (Lipinski definition) is 0. The molecule has 2 nitrogen and oxygen atoms in total. The molecule has 0 amide bonds. The first kappa shape index (κ1) is 12.2. The maximum Gasteiger partial charge on any atom is 0.143 e. The monoisotopic (exact) mass is 256 g/mol. The number of nitrogens with zero attached hydrogens (tertiary/aromatic N) is 2. The van der Waals surface area contributed by atoms with E-state index < -0.39 is 0 Å². The van der Waals surface area contributed by atoms with Crippen LogP contribution in [0.2, 0.25) is 5.15 Å². The number of aryl methyl sites for hydroxylation is 1. The highest BCUT2D eigenvalue weighted by atomic mass is 35.5. The van der Waals surface area contributed by atoms with Gasteiger partial charge in [-0.1, -0.05) is 24.9 Å². The summed E-state index contributed by atoms with van der Waals surface area (Å²) in [7, 11) is 0. The van der Waals surface area contributed by atoms with Gasteiger partial charge in [0.1, 0.15) is 11.0 Å². The van der Waals surface area contributed by atoms with Crippen LogP contribution in [0.4, 0.5) is 0 Å². The van der Waals surface area contributed by atoms with Crippen molar-refractivity contribution in [2.45, 2.75) is 44.8 Å². The summed E-state index contributed by atoms with van der Waals surface area (Å²) in [6.07, 6.45) is 4.70. The molecule has 1 atom stereocenters. The highest BCUT2D eigenvalue weighted by Crippen LogP contribution is 2.37. The van der Waals surface area contributed by atoms with Crippen molar-refractivity contribution >= 4 is 23.4 Å². The molecule has 0 aliphatic carbocycles. The van der Waals surface area contributed by atoms with E-state index in [4.69, 9.17) is 11.6 Å². The predicted octanol–water partition coefficient (Wildman–Crippen LogP) is 3.96. The van der Waals surface area contributed by atoms with Crippen molar-refractivity contribution in [2.75, 3.05) is 5.75 Å². The van der Waals surface area contributed by atoms with Gasteiger partial charge in [-0.3, -0.25) is 0 Å². The smallest absolute Gasteiger partial charge is 0.143 e. The van der Waals surface area contributed by atoms with Gasteiger partial charge < -0.3 is 0 Å². The molecular weight excluding hydrogens is 240 g/mol. The molecule has 1 unspecified atom stereocenters. The molecule has 2 rings (SSSR count). The van der Waals surface area contributed by atoms with Crippen molar-refractivity contribution in [3.63, 3.8) is 0 Å². The molecule has 1 aliphatic heterocycles. The molecule has 2 heterocycles. The zero-order valence-electron chi connectivity index (χ0n) is 9.79. The predicted molar refractivity (Wildman–Crippen MR) is 70.2 cm³/mol. The van der Waals surface area contributed by atoms with Gasteiger partial charge in [-0.2, -0.15) is 11.8 Å². The Kier molecular flexibility index (Phi) is 4.09. The van der Waals surface area contributed by atoms with Gasteiger partial charge in [0, 0.05) is 11.3 Å². The Balaban J connectivity index is 2.28. The maximum absolute atomic E-state index is 6.19. The van der Waals surface area contributed by atoms with Crippen LogP contribution < -0.4 is 0 Å². The van der Waals surface area contributed by atoms with E-state index >= 15 is 0 Å². The molecule has 0 radical (unpaired) electrons. The molecular formula is C12H17ClN2S.